The maximum atomic E-state index is 12.6. The second-order valence-corrected chi connectivity index (χ2v) is 7.68. The molecule has 0 N–H and O–H groups in total. The molecule has 0 aliphatic heterocycles. The average molecular weight is 339 g/mol. The Morgan fingerprint density at radius 3 is 2.83 bits per heavy atom. The van der Waals surface area contributed by atoms with Crippen molar-refractivity contribution in [3.63, 3.8) is 0 Å². The third-order valence-corrected chi connectivity index (χ3v) is 6.04. The van der Waals surface area contributed by atoms with Crippen LogP contribution in [0.5, 0.6) is 0 Å². The van der Waals surface area contributed by atoms with Crippen molar-refractivity contribution < 1.29 is 4.55 Å². The Bertz CT molecular complexity index is 962. The van der Waals surface area contributed by atoms with E-state index in [9.17, 15) is 4.55 Å². The van der Waals surface area contributed by atoms with E-state index < -0.39 is 11.2 Å². The van der Waals surface area contributed by atoms with E-state index in [1.807, 2.05) is 59.4 Å². The highest BCUT2D eigenvalue weighted by molar-refractivity contribution is 7.93. The van der Waals surface area contributed by atoms with Crippen LogP contribution < -0.4 is 0 Å². The van der Waals surface area contributed by atoms with Gasteiger partial charge in [0.1, 0.15) is 0 Å². The maximum absolute atomic E-state index is 12.6. The van der Waals surface area contributed by atoms with E-state index >= 15 is 0 Å². The smallest absolute Gasteiger partial charge is 0.307 e. The van der Waals surface area contributed by atoms with Crippen LogP contribution in [0.25, 0.3) is 16.8 Å². The molecule has 0 fully saturated rings. The minimum atomic E-state index is -1.25. The fourth-order valence-corrected chi connectivity index (χ4v) is 4.51. The molecule has 1 unspecified atom stereocenters. The number of fused-ring (bicyclic) bond motifs is 1. The standard InChI is InChI=1S/C17H13N3OS2/c1-12-7-8-20-16(9-12)14(10-18-20)15-11-22-17(19-15)23(21)13-5-3-2-4-6-13/h2-11H,1H3. The highest BCUT2D eigenvalue weighted by Gasteiger charge is 2.20. The van der Waals surface area contributed by atoms with Crippen molar-refractivity contribution in [3.8, 4) is 11.3 Å². The van der Waals surface area contributed by atoms with E-state index in [0.29, 0.717) is 4.34 Å². The zero-order valence-corrected chi connectivity index (χ0v) is 14.0. The van der Waals surface area contributed by atoms with Gasteiger partial charge in [-0.1, -0.05) is 29.5 Å². The van der Waals surface area contributed by atoms with E-state index in [2.05, 4.69) is 16.1 Å². The number of nitrogens with zero attached hydrogens (tertiary/aromatic N) is 3. The van der Waals surface area contributed by atoms with Gasteiger partial charge >= 0.3 is 4.34 Å². The van der Waals surface area contributed by atoms with Crippen LogP contribution in [0.3, 0.4) is 0 Å². The summed E-state index contributed by atoms with van der Waals surface area (Å²) in [6.45, 7) is 2.05. The molecular formula is C17H13N3OS2. The Morgan fingerprint density at radius 2 is 2.00 bits per heavy atom. The van der Waals surface area contributed by atoms with Crippen molar-refractivity contribution in [1.29, 1.82) is 0 Å². The van der Waals surface area contributed by atoms with Crippen molar-refractivity contribution in [3.05, 3.63) is 65.8 Å². The van der Waals surface area contributed by atoms with Crippen LogP contribution in [-0.2, 0) is 11.2 Å². The van der Waals surface area contributed by atoms with Crippen LogP contribution in [0.4, 0.5) is 0 Å². The van der Waals surface area contributed by atoms with Gasteiger partial charge in [-0.3, -0.25) is 0 Å². The van der Waals surface area contributed by atoms with E-state index in [1.54, 1.807) is 6.20 Å². The molecular weight excluding hydrogens is 326 g/mol. The van der Waals surface area contributed by atoms with E-state index in [-0.39, 0.29) is 0 Å². The van der Waals surface area contributed by atoms with Gasteiger partial charge in [0.05, 0.1) is 28.6 Å². The molecule has 0 aliphatic carbocycles. The molecule has 0 spiro atoms. The highest BCUT2D eigenvalue weighted by atomic mass is 32.2. The first kappa shape index (κ1) is 14.4. The SMILES string of the molecule is Cc1ccn2ncc(-c3csc([S+]([O-])c4ccccc4)n3)c2c1. The Kier molecular flexibility index (Phi) is 3.65. The lowest BCUT2D eigenvalue weighted by molar-refractivity contribution is 0.594. The summed E-state index contributed by atoms with van der Waals surface area (Å²) in [5, 5.41) is 6.29. The van der Waals surface area contributed by atoms with Crippen LogP contribution in [-0.4, -0.2) is 19.2 Å². The van der Waals surface area contributed by atoms with Gasteiger partial charge in [-0.15, -0.1) is 0 Å². The largest absolute Gasteiger partial charge is 0.605 e. The summed E-state index contributed by atoms with van der Waals surface area (Å²) >= 11 is 0.170. The number of pyridine rings is 1. The molecule has 0 aliphatic rings. The van der Waals surface area contributed by atoms with Gasteiger partial charge in [0.25, 0.3) is 0 Å². The number of benzene rings is 1. The van der Waals surface area contributed by atoms with E-state index in [0.717, 1.165) is 21.7 Å². The van der Waals surface area contributed by atoms with Gasteiger partial charge < -0.3 is 4.55 Å². The zero-order valence-electron chi connectivity index (χ0n) is 12.3. The van der Waals surface area contributed by atoms with Crippen LogP contribution in [0.2, 0.25) is 0 Å². The Hall–Kier alpha value is -2.15. The first-order valence-electron chi connectivity index (χ1n) is 7.09. The molecule has 4 rings (SSSR count). The van der Waals surface area contributed by atoms with E-state index in [1.165, 1.54) is 16.9 Å². The first-order valence-corrected chi connectivity index (χ1v) is 9.12. The number of thiazole rings is 1. The Labute approximate surface area is 140 Å². The molecule has 3 heterocycles. The third kappa shape index (κ3) is 2.65. The van der Waals surface area contributed by atoms with Crippen LogP contribution in [0, 0.1) is 6.92 Å². The number of hydrogen-bond acceptors (Lipinski definition) is 4. The minimum absolute atomic E-state index is 0.609. The van der Waals surface area contributed by atoms with Crippen molar-refractivity contribution in [1.82, 2.24) is 14.6 Å². The summed E-state index contributed by atoms with van der Waals surface area (Å²) in [6.07, 6.45) is 3.74. The van der Waals surface area contributed by atoms with Gasteiger partial charge in [0, 0.05) is 17.1 Å². The molecule has 0 saturated carbocycles. The lowest BCUT2D eigenvalue weighted by atomic mass is 10.2. The fraction of sp³-hybridized carbons (Fsp3) is 0.0588. The molecule has 6 heteroatoms. The van der Waals surface area contributed by atoms with Crippen molar-refractivity contribution in [2.75, 3.05) is 0 Å². The molecule has 3 aromatic heterocycles. The van der Waals surface area contributed by atoms with Gasteiger partial charge in [-0.05, 0) is 36.8 Å². The topological polar surface area (TPSA) is 53.2 Å². The van der Waals surface area contributed by atoms with Crippen molar-refractivity contribution >= 4 is 28.0 Å². The van der Waals surface area contributed by atoms with Gasteiger partial charge in [-0.2, -0.15) is 10.1 Å². The summed E-state index contributed by atoms with van der Waals surface area (Å²) in [6, 6.07) is 13.5. The zero-order chi connectivity index (χ0) is 15.8. The second-order valence-electron chi connectivity index (χ2n) is 5.17. The van der Waals surface area contributed by atoms with Crippen LogP contribution in [0.1, 0.15) is 5.56 Å². The monoisotopic (exact) mass is 339 g/mol. The molecule has 23 heavy (non-hydrogen) atoms. The summed E-state index contributed by atoms with van der Waals surface area (Å²) in [7, 11) is 0. The van der Waals surface area contributed by atoms with Gasteiger partial charge in [-0.25, -0.2) is 4.52 Å². The molecule has 0 bridgehead atoms. The predicted octanol–water partition coefficient (Wildman–Crippen LogP) is 3.93. The summed E-state index contributed by atoms with van der Waals surface area (Å²) in [5.74, 6) is 0. The van der Waals surface area contributed by atoms with Gasteiger partial charge in [0.15, 0.2) is 4.90 Å². The molecule has 0 radical (unpaired) electrons. The second kappa shape index (κ2) is 5.81. The normalized spacial score (nSPS) is 12.6. The molecule has 0 amide bonds. The predicted molar refractivity (Wildman–Crippen MR) is 92.2 cm³/mol. The van der Waals surface area contributed by atoms with Crippen molar-refractivity contribution in [2.45, 2.75) is 16.2 Å². The van der Waals surface area contributed by atoms with E-state index in [4.69, 9.17) is 0 Å². The van der Waals surface area contributed by atoms with Gasteiger partial charge in [0.2, 0.25) is 0 Å². The van der Waals surface area contributed by atoms with Crippen LogP contribution >= 0.6 is 11.3 Å². The molecule has 4 aromatic rings. The minimum Gasteiger partial charge on any atom is -0.605 e. The highest BCUT2D eigenvalue weighted by Crippen LogP contribution is 2.30. The fourth-order valence-electron chi connectivity index (χ4n) is 2.39. The summed E-state index contributed by atoms with van der Waals surface area (Å²) < 4.78 is 15.0. The third-order valence-electron chi connectivity index (χ3n) is 3.55. The average Bonchev–Trinajstić information content (AvgIpc) is 3.21. The molecule has 4 nitrogen and oxygen atoms in total. The number of hydrogen-bond donors (Lipinski definition) is 0. The quantitative estimate of drug-likeness (QED) is 0.531. The molecule has 0 saturated heterocycles. The van der Waals surface area contributed by atoms with Crippen molar-refractivity contribution in [2.24, 2.45) is 0 Å². The Balaban J connectivity index is 1.74. The number of rotatable bonds is 3. The molecule has 114 valence electrons. The first-order chi connectivity index (χ1) is 11.2. The summed E-state index contributed by atoms with van der Waals surface area (Å²) in [4.78, 5) is 5.34. The lowest BCUT2D eigenvalue weighted by Crippen LogP contribution is -2.01. The molecule has 1 atom stereocenters. The maximum Gasteiger partial charge on any atom is 0.307 e. The Morgan fingerprint density at radius 1 is 1.17 bits per heavy atom. The lowest BCUT2D eigenvalue weighted by Gasteiger charge is -2.04. The van der Waals surface area contributed by atoms with Crippen LogP contribution in [0.15, 0.2) is 69.5 Å². The molecule has 1 aromatic carbocycles. The number of aryl methyl sites for hydroxylation is 1. The summed E-state index contributed by atoms with van der Waals surface area (Å²) in [5.41, 5.74) is 3.95. The number of aromatic nitrogens is 3.